The minimum atomic E-state index is -0.666. The summed E-state index contributed by atoms with van der Waals surface area (Å²) in [4.78, 5) is 22.6. The molecule has 2 heterocycles. The maximum absolute atomic E-state index is 11.7. The van der Waals surface area contributed by atoms with Crippen LogP contribution in [0.3, 0.4) is 0 Å². The molecule has 0 unspecified atom stereocenters. The Morgan fingerprint density at radius 2 is 2.30 bits per heavy atom. The summed E-state index contributed by atoms with van der Waals surface area (Å²) in [6.07, 6.45) is 1.37. The van der Waals surface area contributed by atoms with Gasteiger partial charge in [0.05, 0.1) is 18.0 Å². The zero-order valence-electron chi connectivity index (χ0n) is 11.6. The van der Waals surface area contributed by atoms with Gasteiger partial charge >= 0.3 is 4.94 Å². The van der Waals surface area contributed by atoms with Crippen LogP contribution < -0.4 is 20.8 Å². The molecular formula is C12H9N5O5S. The minimum absolute atomic E-state index is 0.135. The number of nitrogen functional groups attached to an aromatic ring is 1. The van der Waals surface area contributed by atoms with E-state index in [0.29, 0.717) is 21.6 Å². The molecule has 0 saturated carbocycles. The SMILES string of the molecule is COc1cc(/C=N/NC(=O)c2nonc2N)cc2sc(=O)oc12. The van der Waals surface area contributed by atoms with Gasteiger partial charge in [-0.3, -0.25) is 4.79 Å². The zero-order chi connectivity index (χ0) is 16.4. The van der Waals surface area contributed by atoms with E-state index in [1.807, 2.05) is 0 Å². The summed E-state index contributed by atoms with van der Waals surface area (Å²) in [5, 5.41) is 10.4. The summed E-state index contributed by atoms with van der Waals surface area (Å²) in [6, 6.07) is 3.29. The van der Waals surface area contributed by atoms with Crippen LogP contribution >= 0.6 is 11.3 Å². The summed E-state index contributed by atoms with van der Waals surface area (Å²) >= 11 is 0.937. The van der Waals surface area contributed by atoms with Crippen molar-refractivity contribution >= 4 is 39.6 Å². The van der Waals surface area contributed by atoms with Crippen LogP contribution in [-0.4, -0.2) is 29.5 Å². The van der Waals surface area contributed by atoms with Gasteiger partial charge in [-0.2, -0.15) is 5.10 Å². The standard InChI is InChI=1S/C12H9N5O5S/c1-20-6-2-5(3-7-9(6)21-12(19)23-7)4-14-15-11(18)8-10(13)17-22-16-8/h2-4H,1H3,(H2,13,17)(H,15,18)/b14-4+. The number of rotatable bonds is 4. The Hall–Kier alpha value is -3.21. The number of hydrazone groups is 1. The monoisotopic (exact) mass is 335 g/mol. The van der Waals surface area contributed by atoms with Crippen LogP contribution in [0.2, 0.25) is 0 Å². The first-order valence-electron chi connectivity index (χ1n) is 6.11. The fourth-order valence-electron chi connectivity index (χ4n) is 1.76. The van der Waals surface area contributed by atoms with Gasteiger partial charge < -0.3 is 14.9 Å². The molecule has 3 rings (SSSR count). The lowest BCUT2D eigenvalue weighted by atomic mass is 10.2. The molecule has 3 N–H and O–H groups in total. The normalized spacial score (nSPS) is 11.2. The summed E-state index contributed by atoms with van der Waals surface area (Å²) in [6.45, 7) is 0. The van der Waals surface area contributed by atoms with Gasteiger partial charge in [-0.05, 0) is 28.0 Å². The van der Waals surface area contributed by atoms with Crippen LogP contribution in [0, 0.1) is 0 Å². The second-order valence-electron chi connectivity index (χ2n) is 4.20. The second kappa shape index (κ2) is 5.88. The van der Waals surface area contributed by atoms with Gasteiger partial charge in [-0.25, -0.2) is 14.8 Å². The minimum Gasteiger partial charge on any atom is -0.493 e. The third kappa shape index (κ3) is 2.89. The second-order valence-corrected chi connectivity index (χ2v) is 5.18. The van der Waals surface area contributed by atoms with Gasteiger partial charge in [0, 0.05) is 0 Å². The molecule has 1 aromatic carbocycles. The Morgan fingerprint density at radius 3 is 3.00 bits per heavy atom. The molecule has 118 valence electrons. The number of aromatic nitrogens is 2. The van der Waals surface area contributed by atoms with E-state index in [2.05, 4.69) is 25.5 Å². The number of hydrogen-bond donors (Lipinski definition) is 2. The van der Waals surface area contributed by atoms with Crippen LogP contribution in [-0.2, 0) is 0 Å². The lowest BCUT2D eigenvalue weighted by Gasteiger charge is -2.01. The van der Waals surface area contributed by atoms with Crippen molar-refractivity contribution in [1.29, 1.82) is 0 Å². The van der Waals surface area contributed by atoms with E-state index >= 15 is 0 Å². The number of nitrogens with two attached hydrogens (primary N) is 1. The van der Waals surface area contributed by atoms with Gasteiger partial charge in [0.2, 0.25) is 11.5 Å². The average Bonchev–Trinajstić information content (AvgIpc) is 3.11. The van der Waals surface area contributed by atoms with E-state index in [-0.39, 0.29) is 11.5 Å². The molecule has 0 aliphatic heterocycles. The highest BCUT2D eigenvalue weighted by Crippen LogP contribution is 2.28. The molecule has 0 atom stereocenters. The number of hydrogen-bond acceptors (Lipinski definition) is 10. The number of nitrogens with zero attached hydrogens (tertiary/aromatic N) is 3. The number of ether oxygens (including phenoxy) is 1. The fraction of sp³-hybridized carbons (Fsp3) is 0.0833. The van der Waals surface area contributed by atoms with Crippen LogP contribution in [0.15, 0.2) is 31.1 Å². The number of benzene rings is 1. The van der Waals surface area contributed by atoms with Gasteiger partial charge in [0.15, 0.2) is 11.3 Å². The van der Waals surface area contributed by atoms with Crippen molar-refractivity contribution in [3.05, 3.63) is 33.1 Å². The van der Waals surface area contributed by atoms with E-state index in [4.69, 9.17) is 14.9 Å². The van der Waals surface area contributed by atoms with E-state index in [9.17, 15) is 9.59 Å². The lowest BCUT2D eigenvalue weighted by molar-refractivity contribution is 0.0946. The summed E-state index contributed by atoms with van der Waals surface area (Å²) in [5.41, 5.74) is 8.42. The average molecular weight is 335 g/mol. The summed E-state index contributed by atoms with van der Waals surface area (Å²) in [7, 11) is 1.45. The molecule has 0 radical (unpaired) electrons. The lowest BCUT2D eigenvalue weighted by Crippen LogP contribution is -2.19. The van der Waals surface area contributed by atoms with Crippen LogP contribution in [0.5, 0.6) is 5.75 Å². The van der Waals surface area contributed by atoms with Crippen LogP contribution in [0.4, 0.5) is 5.82 Å². The molecule has 23 heavy (non-hydrogen) atoms. The molecule has 11 heteroatoms. The van der Waals surface area contributed by atoms with Gasteiger partial charge in [0.1, 0.15) is 0 Å². The number of carbonyl (C=O) groups excluding carboxylic acids is 1. The number of methoxy groups -OCH3 is 1. The molecule has 0 bridgehead atoms. The topological polar surface area (TPSA) is 146 Å². The van der Waals surface area contributed by atoms with Gasteiger partial charge in [-0.1, -0.05) is 11.3 Å². The van der Waals surface area contributed by atoms with Crippen molar-refractivity contribution in [3.8, 4) is 5.75 Å². The maximum Gasteiger partial charge on any atom is 0.396 e. The maximum atomic E-state index is 11.7. The third-order valence-electron chi connectivity index (χ3n) is 2.75. The highest BCUT2D eigenvalue weighted by Gasteiger charge is 2.15. The largest absolute Gasteiger partial charge is 0.493 e. The predicted molar refractivity (Wildman–Crippen MR) is 80.7 cm³/mol. The molecule has 0 saturated heterocycles. The number of amides is 1. The number of anilines is 1. The highest BCUT2D eigenvalue weighted by molar-refractivity contribution is 7.16. The molecule has 10 nitrogen and oxygen atoms in total. The third-order valence-corrected chi connectivity index (χ3v) is 3.52. The Kier molecular flexibility index (Phi) is 3.76. The number of nitrogens with one attached hydrogen (secondary N) is 1. The van der Waals surface area contributed by atoms with Crippen LogP contribution in [0.25, 0.3) is 10.3 Å². The molecule has 0 spiro atoms. The van der Waals surface area contributed by atoms with Gasteiger partial charge in [0.25, 0.3) is 5.91 Å². The van der Waals surface area contributed by atoms with Crippen molar-refractivity contribution in [2.24, 2.45) is 5.10 Å². The molecule has 2 aromatic heterocycles. The molecule has 0 aliphatic rings. The van der Waals surface area contributed by atoms with Crippen molar-refractivity contribution in [3.63, 3.8) is 0 Å². The Labute approximate surface area is 131 Å². The molecule has 0 aliphatic carbocycles. The first-order valence-corrected chi connectivity index (χ1v) is 6.93. The van der Waals surface area contributed by atoms with Crippen molar-refractivity contribution in [2.45, 2.75) is 0 Å². The van der Waals surface area contributed by atoms with Crippen molar-refractivity contribution in [2.75, 3.05) is 12.8 Å². The quantitative estimate of drug-likeness (QED) is 0.520. The Morgan fingerprint density at radius 1 is 1.48 bits per heavy atom. The smallest absolute Gasteiger partial charge is 0.396 e. The van der Waals surface area contributed by atoms with E-state index in [1.54, 1.807) is 12.1 Å². The van der Waals surface area contributed by atoms with E-state index in [1.165, 1.54) is 13.3 Å². The van der Waals surface area contributed by atoms with Crippen molar-refractivity contribution < 1.29 is 18.6 Å². The van der Waals surface area contributed by atoms with Crippen LogP contribution in [0.1, 0.15) is 16.1 Å². The molecular weight excluding hydrogens is 326 g/mol. The van der Waals surface area contributed by atoms with Gasteiger partial charge in [-0.15, -0.1) is 0 Å². The fourth-order valence-corrected chi connectivity index (χ4v) is 2.50. The number of carbonyl (C=O) groups is 1. The summed E-state index contributed by atoms with van der Waals surface area (Å²) in [5.74, 6) is -0.413. The number of fused-ring (bicyclic) bond motifs is 1. The summed E-state index contributed by atoms with van der Waals surface area (Å²) < 4.78 is 15.1. The predicted octanol–water partition coefficient (Wildman–Crippen LogP) is 0.592. The highest BCUT2D eigenvalue weighted by atomic mass is 32.1. The first-order chi connectivity index (χ1) is 11.1. The molecule has 3 aromatic rings. The zero-order valence-corrected chi connectivity index (χ0v) is 12.4. The molecule has 1 amide bonds. The van der Waals surface area contributed by atoms with E-state index in [0.717, 1.165) is 11.3 Å². The van der Waals surface area contributed by atoms with Crippen molar-refractivity contribution in [1.82, 2.24) is 15.7 Å². The Balaban J connectivity index is 1.82. The molecule has 0 fully saturated rings. The van der Waals surface area contributed by atoms with E-state index < -0.39 is 10.8 Å². The Bertz CT molecular complexity index is 956. The first kappa shape index (κ1) is 14.7.